The number of carbonyl (C=O) groups excluding carboxylic acids is 2. The largest absolute Gasteiger partial charge is 0.465 e. The molecule has 166 valence electrons. The van der Waals surface area contributed by atoms with Crippen LogP contribution in [0, 0.1) is 12.8 Å². The van der Waals surface area contributed by atoms with Crippen LogP contribution in [0.2, 0.25) is 0 Å². The summed E-state index contributed by atoms with van der Waals surface area (Å²) in [6.45, 7) is 6.05. The Hall–Kier alpha value is -3.08. The fourth-order valence-electron chi connectivity index (χ4n) is 4.89. The van der Waals surface area contributed by atoms with Crippen molar-refractivity contribution in [1.29, 1.82) is 0 Å². The minimum Gasteiger partial charge on any atom is -0.465 e. The first-order chi connectivity index (χ1) is 15.5. The SMILES string of the molecule is COC(=O)c1ccc(-c2cc(C(=O)N3CCC(C)CC3)cc3c2c(C)cn3C2CC2)cc1. The smallest absolute Gasteiger partial charge is 0.337 e. The van der Waals surface area contributed by atoms with Crippen molar-refractivity contribution in [1.82, 2.24) is 9.47 Å². The third kappa shape index (κ3) is 3.70. The van der Waals surface area contributed by atoms with Gasteiger partial charge in [0.2, 0.25) is 0 Å². The Morgan fingerprint density at radius 2 is 1.66 bits per heavy atom. The number of amides is 1. The number of hydrogen-bond donors (Lipinski definition) is 0. The second-order valence-corrected chi connectivity index (χ2v) is 9.41. The standard InChI is InChI=1S/C27H30N2O3/c1-17-10-12-28(13-11-17)26(30)21-14-23(19-4-6-20(7-5-19)27(31)32-3)25-18(2)16-29(22-8-9-22)24(25)15-21/h4-7,14-17,22H,8-13H2,1-3H3. The molecule has 1 aliphatic carbocycles. The molecular formula is C27H30N2O3. The van der Waals surface area contributed by atoms with Gasteiger partial charge in [0.05, 0.1) is 12.7 Å². The number of esters is 1. The molecule has 2 fully saturated rings. The third-order valence-corrected chi connectivity index (χ3v) is 7.00. The molecule has 0 unspecified atom stereocenters. The number of aromatic nitrogens is 1. The number of piperidine rings is 1. The van der Waals surface area contributed by atoms with E-state index in [1.807, 2.05) is 23.1 Å². The molecule has 2 aliphatic rings. The van der Waals surface area contributed by atoms with Crippen molar-refractivity contribution in [2.45, 2.75) is 45.6 Å². The van der Waals surface area contributed by atoms with E-state index in [2.05, 4.69) is 30.7 Å². The number of benzene rings is 2. The quantitative estimate of drug-likeness (QED) is 0.506. The molecule has 0 atom stereocenters. The first kappa shape index (κ1) is 20.8. The molecule has 0 bridgehead atoms. The van der Waals surface area contributed by atoms with Gasteiger partial charge in [-0.15, -0.1) is 0 Å². The summed E-state index contributed by atoms with van der Waals surface area (Å²) >= 11 is 0. The van der Waals surface area contributed by atoms with Crippen LogP contribution in [0.25, 0.3) is 22.0 Å². The normalized spacial score (nSPS) is 17.0. The van der Waals surface area contributed by atoms with Crippen LogP contribution in [0.1, 0.15) is 64.9 Å². The number of aryl methyl sites for hydroxylation is 1. The van der Waals surface area contributed by atoms with Crippen LogP contribution in [0.3, 0.4) is 0 Å². The van der Waals surface area contributed by atoms with Crippen molar-refractivity contribution in [2.24, 2.45) is 5.92 Å². The summed E-state index contributed by atoms with van der Waals surface area (Å²) in [5.74, 6) is 0.452. The molecule has 0 N–H and O–H groups in total. The lowest BCUT2D eigenvalue weighted by Crippen LogP contribution is -2.37. The molecule has 1 amide bonds. The molecule has 0 spiro atoms. The number of nitrogens with zero attached hydrogens (tertiary/aromatic N) is 2. The molecule has 1 aliphatic heterocycles. The van der Waals surface area contributed by atoms with Crippen molar-refractivity contribution in [3.05, 3.63) is 59.3 Å². The summed E-state index contributed by atoms with van der Waals surface area (Å²) in [5.41, 5.74) is 5.66. The number of fused-ring (bicyclic) bond motifs is 1. The molecule has 0 radical (unpaired) electrons. The number of carbonyl (C=O) groups is 2. The number of rotatable bonds is 4. The molecular weight excluding hydrogens is 400 g/mol. The van der Waals surface area contributed by atoms with Gasteiger partial charge in [-0.2, -0.15) is 0 Å². The highest BCUT2D eigenvalue weighted by Gasteiger charge is 2.28. The minimum atomic E-state index is -0.346. The number of hydrogen-bond acceptors (Lipinski definition) is 3. The number of methoxy groups -OCH3 is 1. The van der Waals surface area contributed by atoms with Crippen molar-refractivity contribution in [3.63, 3.8) is 0 Å². The summed E-state index contributed by atoms with van der Waals surface area (Å²) < 4.78 is 7.19. The van der Waals surface area contributed by atoms with E-state index >= 15 is 0 Å². The van der Waals surface area contributed by atoms with Crippen LogP contribution in [0.4, 0.5) is 0 Å². The molecule has 2 heterocycles. The molecule has 32 heavy (non-hydrogen) atoms. The predicted octanol–water partition coefficient (Wildman–Crippen LogP) is 5.61. The van der Waals surface area contributed by atoms with Crippen LogP contribution in [-0.2, 0) is 4.74 Å². The van der Waals surface area contributed by atoms with Gasteiger partial charge in [0.1, 0.15) is 0 Å². The molecule has 5 nitrogen and oxygen atoms in total. The highest BCUT2D eigenvalue weighted by Crippen LogP contribution is 2.42. The van der Waals surface area contributed by atoms with E-state index in [9.17, 15) is 9.59 Å². The molecule has 1 saturated heterocycles. The average molecular weight is 431 g/mol. The highest BCUT2D eigenvalue weighted by atomic mass is 16.5. The Bertz CT molecular complexity index is 1180. The highest BCUT2D eigenvalue weighted by molar-refractivity contribution is 6.05. The molecule has 5 rings (SSSR count). The van der Waals surface area contributed by atoms with Gasteiger partial charge in [0.15, 0.2) is 0 Å². The maximum Gasteiger partial charge on any atom is 0.337 e. The van der Waals surface area contributed by atoms with E-state index < -0.39 is 0 Å². The summed E-state index contributed by atoms with van der Waals surface area (Å²) in [6, 6.07) is 12.1. The van der Waals surface area contributed by atoms with E-state index in [1.165, 1.54) is 30.9 Å². The lowest BCUT2D eigenvalue weighted by molar-refractivity contribution is 0.0600. The molecule has 3 aromatic rings. The Morgan fingerprint density at radius 1 is 0.969 bits per heavy atom. The molecule has 1 aromatic heterocycles. The molecule has 2 aromatic carbocycles. The summed E-state index contributed by atoms with van der Waals surface area (Å²) in [5, 5.41) is 1.19. The Balaban J connectivity index is 1.62. The predicted molar refractivity (Wildman–Crippen MR) is 126 cm³/mol. The van der Waals surface area contributed by atoms with Gasteiger partial charge < -0.3 is 14.2 Å². The van der Waals surface area contributed by atoms with Gasteiger partial charge in [0, 0.05) is 41.8 Å². The van der Waals surface area contributed by atoms with Gasteiger partial charge in [-0.1, -0.05) is 19.1 Å². The van der Waals surface area contributed by atoms with Crippen molar-refractivity contribution < 1.29 is 14.3 Å². The monoisotopic (exact) mass is 430 g/mol. The summed E-state index contributed by atoms with van der Waals surface area (Å²) in [4.78, 5) is 27.4. The maximum atomic E-state index is 13.5. The zero-order chi connectivity index (χ0) is 22.4. The zero-order valence-corrected chi connectivity index (χ0v) is 19.1. The van der Waals surface area contributed by atoms with E-state index in [-0.39, 0.29) is 11.9 Å². The molecule has 5 heteroatoms. The van der Waals surface area contributed by atoms with Crippen molar-refractivity contribution in [3.8, 4) is 11.1 Å². The van der Waals surface area contributed by atoms with Crippen molar-refractivity contribution in [2.75, 3.05) is 20.2 Å². The Kier molecular flexibility index (Phi) is 5.28. The number of likely N-dealkylation sites (tertiary alicyclic amines) is 1. The van der Waals surface area contributed by atoms with Crippen LogP contribution in [0.15, 0.2) is 42.6 Å². The van der Waals surface area contributed by atoms with E-state index in [0.717, 1.165) is 48.1 Å². The van der Waals surface area contributed by atoms with E-state index in [4.69, 9.17) is 4.74 Å². The number of ether oxygens (including phenoxy) is 1. The van der Waals surface area contributed by atoms with Gasteiger partial charge >= 0.3 is 5.97 Å². The van der Waals surface area contributed by atoms with Gasteiger partial charge in [-0.3, -0.25) is 4.79 Å². The maximum absolute atomic E-state index is 13.5. The average Bonchev–Trinajstić information content (AvgIpc) is 3.61. The zero-order valence-electron chi connectivity index (χ0n) is 19.1. The lowest BCUT2D eigenvalue weighted by Gasteiger charge is -2.30. The van der Waals surface area contributed by atoms with E-state index in [1.54, 1.807) is 12.1 Å². The van der Waals surface area contributed by atoms with Gasteiger partial charge in [0.25, 0.3) is 5.91 Å². The second kappa shape index (κ2) is 8.12. The minimum absolute atomic E-state index is 0.118. The summed E-state index contributed by atoms with van der Waals surface area (Å²) in [7, 11) is 1.39. The van der Waals surface area contributed by atoms with Crippen LogP contribution < -0.4 is 0 Å². The second-order valence-electron chi connectivity index (χ2n) is 9.41. The first-order valence-corrected chi connectivity index (χ1v) is 11.6. The fourth-order valence-corrected chi connectivity index (χ4v) is 4.89. The Labute approximate surface area is 189 Å². The van der Waals surface area contributed by atoms with Gasteiger partial charge in [-0.25, -0.2) is 4.79 Å². The molecule has 1 saturated carbocycles. The first-order valence-electron chi connectivity index (χ1n) is 11.6. The summed E-state index contributed by atoms with van der Waals surface area (Å²) in [6.07, 6.45) is 6.73. The van der Waals surface area contributed by atoms with Crippen LogP contribution in [-0.4, -0.2) is 41.5 Å². The topological polar surface area (TPSA) is 51.5 Å². The van der Waals surface area contributed by atoms with Crippen molar-refractivity contribution >= 4 is 22.8 Å². The van der Waals surface area contributed by atoms with Gasteiger partial charge in [-0.05, 0) is 79.5 Å². The third-order valence-electron chi connectivity index (χ3n) is 7.00. The fraction of sp³-hybridized carbons (Fsp3) is 0.407. The van der Waals surface area contributed by atoms with Crippen LogP contribution in [0.5, 0.6) is 0 Å². The lowest BCUT2D eigenvalue weighted by atomic mass is 9.94. The van der Waals surface area contributed by atoms with Crippen LogP contribution >= 0.6 is 0 Å². The Morgan fingerprint density at radius 3 is 2.28 bits per heavy atom. The van der Waals surface area contributed by atoms with E-state index in [0.29, 0.717) is 17.5 Å².